The Hall–Kier alpha value is -1.12. The fraction of sp³-hybridized carbons (Fsp3) is 0.500. The molecule has 0 radical (unpaired) electrons. The van der Waals surface area contributed by atoms with Crippen molar-refractivity contribution in [3.63, 3.8) is 0 Å². The number of carbonyl (C=O) groups excluding carboxylic acids is 1. The van der Waals surface area contributed by atoms with Crippen molar-refractivity contribution < 1.29 is 22.0 Å². The summed E-state index contributed by atoms with van der Waals surface area (Å²) in [6.07, 6.45) is 3.39. The minimum absolute atomic E-state index is 0.380. The van der Waals surface area contributed by atoms with Crippen LogP contribution in [0.1, 0.15) is 0 Å². The topological polar surface area (TPSA) is 87.2 Å². The van der Waals surface area contributed by atoms with Gasteiger partial charge in [-0.05, 0) is 0 Å². The second-order valence-corrected chi connectivity index (χ2v) is 4.02. The molecule has 1 N–H and O–H groups in total. The van der Waals surface area contributed by atoms with Crippen molar-refractivity contribution in [2.24, 2.45) is 0 Å². The molecule has 2 bridgehead atoms. The first-order chi connectivity index (χ1) is 6.47. The van der Waals surface area contributed by atoms with E-state index in [0.717, 1.165) is 0 Å². The highest BCUT2D eigenvalue weighted by atomic mass is 32.3. The SMILES string of the molecule is O=C1N2CC=CC(C2)N1OS(=O)(=O)O. The van der Waals surface area contributed by atoms with Gasteiger partial charge in [-0.1, -0.05) is 12.2 Å². The lowest BCUT2D eigenvalue weighted by atomic mass is 10.2. The molecular formula is C6H8N2O5S. The summed E-state index contributed by atoms with van der Waals surface area (Å²) >= 11 is 0. The lowest BCUT2D eigenvalue weighted by Crippen LogP contribution is -2.35. The van der Waals surface area contributed by atoms with Crippen LogP contribution in [0.25, 0.3) is 0 Å². The predicted molar refractivity (Wildman–Crippen MR) is 44.4 cm³/mol. The molecule has 1 fully saturated rings. The molecular weight excluding hydrogens is 212 g/mol. The number of hydrogen-bond donors (Lipinski definition) is 1. The standard InChI is InChI=1S/C6H8N2O5S/c9-6-7-3-1-2-5(4-7)8(6)13-14(10,11)12/h1-2,5H,3-4H2,(H,10,11,12). The van der Waals surface area contributed by atoms with Crippen molar-refractivity contribution in [2.75, 3.05) is 13.1 Å². The third-order valence-corrected chi connectivity index (χ3v) is 2.38. The van der Waals surface area contributed by atoms with E-state index in [4.69, 9.17) is 4.55 Å². The van der Waals surface area contributed by atoms with Gasteiger partial charge in [-0.15, -0.1) is 4.28 Å². The summed E-state index contributed by atoms with van der Waals surface area (Å²) in [7, 11) is -4.63. The maximum Gasteiger partial charge on any atom is 0.418 e. The van der Waals surface area contributed by atoms with E-state index in [-0.39, 0.29) is 0 Å². The van der Waals surface area contributed by atoms with Crippen LogP contribution in [0.15, 0.2) is 12.2 Å². The Morgan fingerprint density at radius 1 is 1.57 bits per heavy atom. The molecule has 2 amide bonds. The molecule has 1 atom stereocenters. The van der Waals surface area contributed by atoms with Gasteiger partial charge in [0.05, 0.1) is 6.04 Å². The second-order valence-electron chi connectivity index (χ2n) is 3.01. The van der Waals surface area contributed by atoms with Crippen molar-refractivity contribution in [1.29, 1.82) is 0 Å². The van der Waals surface area contributed by atoms with E-state index < -0.39 is 22.5 Å². The molecule has 0 spiro atoms. The van der Waals surface area contributed by atoms with Gasteiger partial charge >= 0.3 is 16.4 Å². The third kappa shape index (κ3) is 1.59. The number of amides is 2. The Morgan fingerprint density at radius 3 is 2.86 bits per heavy atom. The van der Waals surface area contributed by atoms with E-state index in [2.05, 4.69) is 4.28 Å². The lowest BCUT2D eigenvalue weighted by Gasteiger charge is -2.15. The van der Waals surface area contributed by atoms with Gasteiger partial charge in [-0.25, -0.2) is 4.79 Å². The Labute approximate surface area is 80.4 Å². The number of hydrogen-bond acceptors (Lipinski definition) is 4. The number of nitrogens with zero attached hydrogens (tertiary/aromatic N) is 2. The first-order valence-electron chi connectivity index (χ1n) is 3.89. The average Bonchev–Trinajstić information content (AvgIpc) is 2.28. The van der Waals surface area contributed by atoms with Gasteiger partial charge in [0.2, 0.25) is 0 Å². The van der Waals surface area contributed by atoms with E-state index in [9.17, 15) is 13.2 Å². The molecule has 8 heteroatoms. The third-order valence-electron chi connectivity index (χ3n) is 2.03. The Bertz CT molecular complexity index is 389. The normalized spacial score (nSPS) is 26.1. The van der Waals surface area contributed by atoms with Crippen molar-refractivity contribution >= 4 is 16.4 Å². The highest BCUT2D eigenvalue weighted by Crippen LogP contribution is 2.21. The van der Waals surface area contributed by atoms with Gasteiger partial charge in [0.25, 0.3) is 0 Å². The van der Waals surface area contributed by atoms with E-state index >= 15 is 0 Å². The summed E-state index contributed by atoms with van der Waals surface area (Å²) in [5.41, 5.74) is 0. The highest BCUT2D eigenvalue weighted by Gasteiger charge is 2.40. The number of rotatable bonds is 2. The quantitative estimate of drug-likeness (QED) is 0.496. The molecule has 1 saturated heterocycles. The fourth-order valence-electron chi connectivity index (χ4n) is 1.48. The van der Waals surface area contributed by atoms with E-state index in [1.54, 1.807) is 12.2 Å². The molecule has 78 valence electrons. The molecule has 2 heterocycles. The molecule has 2 rings (SSSR count). The van der Waals surface area contributed by atoms with Crippen molar-refractivity contribution in [1.82, 2.24) is 9.96 Å². The summed E-state index contributed by atoms with van der Waals surface area (Å²) in [5.74, 6) is 0. The summed E-state index contributed by atoms with van der Waals surface area (Å²) in [4.78, 5) is 12.8. The molecule has 0 aromatic carbocycles. The van der Waals surface area contributed by atoms with E-state index in [1.807, 2.05) is 0 Å². The zero-order valence-electron chi connectivity index (χ0n) is 7.03. The van der Waals surface area contributed by atoms with Crippen LogP contribution in [0.2, 0.25) is 0 Å². The van der Waals surface area contributed by atoms with Crippen LogP contribution in [0.4, 0.5) is 4.79 Å². The monoisotopic (exact) mass is 220 g/mol. The summed E-state index contributed by atoms with van der Waals surface area (Å²) in [6, 6.07) is -1.00. The number of fused-ring (bicyclic) bond motifs is 2. The van der Waals surface area contributed by atoms with Gasteiger partial charge < -0.3 is 4.90 Å². The van der Waals surface area contributed by atoms with Gasteiger partial charge in [0.15, 0.2) is 0 Å². The first-order valence-corrected chi connectivity index (χ1v) is 5.26. The number of hydroxylamine groups is 2. The molecule has 14 heavy (non-hydrogen) atoms. The van der Waals surface area contributed by atoms with Crippen LogP contribution in [0.3, 0.4) is 0 Å². The number of urea groups is 1. The van der Waals surface area contributed by atoms with Gasteiger partial charge in [-0.2, -0.15) is 13.5 Å². The summed E-state index contributed by atoms with van der Waals surface area (Å²) in [5, 5.41) is 0.652. The Balaban J connectivity index is 2.21. The second kappa shape index (κ2) is 2.94. The Morgan fingerprint density at radius 2 is 2.29 bits per heavy atom. The maximum absolute atomic E-state index is 11.4. The molecule has 0 aliphatic carbocycles. The van der Waals surface area contributed by atoms with E-state index in [0.29, 0.717) is 18.2 Å². The molecule has 0 aromatic heterocycles. The molecule has 0 aromatic rings. The Kier molecular flexibility index (Phi) is 1.98. The van der Waals surface area contributed by atoms with Crippen LogP contribution in [0, 0.1) is 0 Å². The van der Waals surface area contributed by atoms with Gasteiger partial charge in [0, 0.05) is 13.1 Å². The zero-order valence-corrected chi connectivity index (χ0v) is 7.85. The lowest BCUT2D eigenvalue weighted by molar-refractivity contribution is -0.0183. The summed E-state index contributed by atoms with van der Waals surface area (Å²) in [6.45, 7) is 0.811. The maximum atomic E-state index is 11.4. The summed E-state index contributed by atoms with van der Waals surface area (Å²) < 4.78 is 33.4. The van der Waals surface area contributed by atoms with Crippen molar-refractivity contribution in [2.45, 2.75) is 6.04 Å². The van der Waals surface area contributed by atoms with Gasteiger partial charge in [-0.3, -0.25) is 4.55 Å². The molecule has 2 aliphatic heterocycles. The van der Waals surface area contributed by atoms with Crippen LogP contribution >= 0.6 is 0 Å². The van der Waals surface area contributed by atoms with Crippen molar-refractivity contribution in [3.8, 4) is 0 Å². The largest absolute Gasteiger partial charge is 0.418 e. The zero-order chi connectivity index (χ0) is 10.3. The predicted octanol–water partition coefficient (Wildman–Crippen LogP) is -0.603. The van der Waals surface area contributed by atoms with Crippen molar-refractivity contribution in [3.05, 3.63) is 12.2 Å². The highest BCUT2D eigenvalue weighted by molar-refractivity contribution is 7.80. The van der Waals surface area contributed by atoms with Crippen LogP contribution in [-0.4, -0.2) is 48.1 Å². The van der Waals surface area contributed by atoms with Crippen LogP contribution in [-0.2, 0) is 14.7 Å². The smallest absolute Gasteiger partial charge is 0.317 e. The first kappa shape index (κ1) is 9.44. The minimum Gasteiger partial charge on any atom is -0.317 e. The minimum atomic E-state index is -4.63. The van der Waals surface area contributed by atoms with Crippen LogP contribution < -0.4 is 0 Å². The average molecular weight is 220 g/mol. The number of carbonyl (C=O) groups is 1. The van der Waals surface area contributed by atoms with E-state index in [1.165, 1.54) is 4.90 Å². The van der Waals surface area contributed by atoms with Crippen LogP contribution in [0.5, 0.6) is 0 Å². The molecule has 1 unspecified atom stereocenters. The molecule has 0 saturated carbocycles. The molecule has 2 aliphatic rings. The van der Waals surface area contributed by atoms with Gasteiger partial charge in [0.1, 0.15) is 0 Å². The molecule has 7 nitrogen and oxygen atoms in total. The fourth-order valence-corrected chi connectivity index (χ4v) is 1.86.